The molecule has 1 saturated heterocycles. The van der Waals surface area contributed by atoms with Crippen molar-refractivity contribution >= 4 is 29.8 Å². The third-order valence-electron chi connectivity index (χ3n) is 3.79. The minimum Gasteiger partial charge on any atom is -0.466 e. The van der Waals surface area contributed by atoms with Crippen molar-refractivity contribution in [3.05, 3.63) is 0 Å². The molecule has 29 heavy (non-hydrogen) atoms. The number of hydrogen-bond donors (Lipinski definition) is 0. The van der Waals surface area contributed by atoms with Crippen molar-refractivity contribution in [3.8, 4) is 0 Å². The van der Waals surface area contributed by atoms with Crippen molar-refractivity contribution in [2.75, 3.05) is 13.2 Å². The van der Waals surface area contributed by atoms with E-state index in [0.717, 1.165) is 20.8 Å². The van der Waals surface area contributed by atoms with Gasteiger partial charge in [-0.2, -0.15) is 0 Å². The van der Waals surface area contributed by atoms with Gasteiger partial charge in [0, 0.05) is 41.0 Å². The molecule has 5 atom stereocenters. The topological polar surface area (TPSA) is 141 Å². The standard InChI is InChI=1S/C18H26O11/c1-9(19)24-7-6-14-16(26-11(3)21)18(28-13(5)23)17(27-12(4)22)15(29-14)8-25-10(2)20/h14-18H,6-8H2,1-5H3/t14-,15?,16?,17-,18?/m0/s1. The highest BCUT2D eigenvalue weighted by molar-refractivity contribution is 5.69. The highest BCUT2D eigenvalue weighted by atomic mass is 16.7. The van der Waals surface area contributed by atoms with E-state index in [-0.39, 0.29) is 19.6 Å². The van der Waals surface area contributed by atoms with Gasteiger partial charge in [-0.15, -0.1) is 0 Å². The van der Waals surface area contributed by atoms with Gasteiger partial charge in [-0.3, -0.25) is 24.0 Å². The Bertz CT molecular complexity index is 629. The van der Waals surface area contributed by atoms with Crippen LogP contribution in [0.25, 0.3) is 0 Å². The van der Waals surface area contributed by atoms with Crippen LogP contribution in [0, 0.1) is 0 Å². The van der Waals surface area contributed by atoms with Crippen molar-refractivity contribution < 1.29 is 52.4 Å². The second-order valence-electron chi connectivity index (χ2n) is 6.37. The highest BCUT2D eigenvalue weighted by Gasteiger charge is 2.51. The molecule has 0 bridgehead atoms. The van der Waals surface area contributed by atoms with Crippen LogP contribution in [0.15, 0.2) is 0 Å². The third kappa shape index (κ3) is 8.46. The summed E-state index contributed by atoms with van der Waals surface area (Å²) in [5, 5.41) is 0. The maximum atomic E-state index is 11.7. The minimum absolute atomic E-state index is 0.0664. The molecule has 1 heterocycles. The molecule has 0 aliphatic carbocycles. The van der Waals surface area contributed by atoms with Gasteiger partial charge in [-0.1, -0.05) is 0 Å². The molecule has 0 aromatic carbocycles. The lowest BCUT2D eigenvalue weighted by Crippen LogP contribution is -2.62. The molecule has 164 valence electrons. The molecule has 0 N–H and O–H groups in total. The van der Waals surface area contributed by atoms with E-state index in [0.29, 0.717) is 0 Å². The smallest absolute Gasteiger partial charge is 0.303 e. The zero-order valence-electron chi connectivity index (χ0n) is 17.0. The molecular weight excluding hydrogens is 392 g/mol. The summed E-state index contributed by atoms with van der Waals surface area (Å²) in [7, 11) is 0. The van der Waals surface area contributed by atoms with Crippen LogP contribution in [0.4, 0.5) is 0 Å². The van der Waals surface area contributed by atoms with Crippen LogP contribution in [-0.4, -0.2) is 73.6 Å². The quantitative estimate of drug-likeness (QED) is 0.390. The minimum atomic E-state index is -1.23. The molecule has 0 aromatic heterocycles. The molecule has 0 spiro atoms. The second kappa shape index (κ2) is 11.3. The highest BCUT2D eigenvalue weighted by Crippen LogP contribution is 2.30. The fourth-order valence-electron chi connectivity index (χ4n) is 2.87. The maximum Gasteiger partial charge on any atom is 0.303 e. The molecule has 1 fully saturated rings. The first-order valence-electron chi connectivity index (χ1n) is 8.95. The van der Waals surface area contributed by atoms with Crippen molar-refractivity contribution in [2.24, 2.45) is 0 Å². The Kier molecular flexibility index (Phi) is 9.53. The third-order valence-corrected chi connectivity index (χ3v) is 3.79. The summed E-state index contributed by atoms with van der Waals surface area (Å²) in [4.78, 5) is 57.1. The first-order valence-corrected chi connectivity index (χ1v) is 8.95. The summed E-state index contributed by atoms with van der Waals surface area (Å²) in [6, 6.07) is 0. The van der Waals surface area contributed by atoms with Crippen molar-refractivity contribution in [3.63, 3.8) is 0 Å². The van der Waals surface area contributed by atoms with E-state index < -0.39 is 60.4 Å². The molecule has 1 aliphatic heterocycles. The second-order valence-corrected chi connectivity index (χ2v) is 6.37. The Morgan fingerprint density at radius 2 is 1.07 bits per heavy atom. The Labute approximate surface area is 167 Å². The van der Waals surface area contributed by atoms with Gasteiger partial charge in [0.2, 0.25) is 0 Å². The van der Waals surface area contributed by atoms with Crippen molar-refractivity contribution in [2.45, 2.75) is 71.6 Å². The summed E-state index contributed by atoms with van der Waals surface area (Å²) >= 11 is 0. The van der Waals surface area contributed by atoms with Gasteiger partial charge in [0.1, 0.15) is 18.8 Å². The molecule has 0 amide bonds. The number of esters is 5. The molecule has 3 unspecified atom stereocenters. The number of carbonyl (C=O) groups is 5. The lowest BCUT2D eigenvalue weighted by atomic mass is 9.92. The number of carbonyl (C=O) groups excluding carboxylic acids is 5. The first kappa shape index (κ1) is 24.3. The normalized spacial score (nSPS) is 26.0. The van der Waals surface area contributed by atoms with Crippen LogP contribution in [0.1, 0.15) is 41.0 Å². The fraction of sp³-hybridized carbons (Fsp3) is 0.722. The van der Waals surface area contributed by atoms with Gasteiger partial charge >= 0.3 is 29.8 Å². The van der Waals surface area contributed by atoms with E-state index in [1.807, 2.05) is 0 Å². The van der Waals surface area contributed by atoms with Gasteiger partial charge < -0.3 is 28.4 Å². The summed E-state index contributed by atoms with van der Waals surface area (Å²) in [6.07, 6.45) is -5.40. The lowest BCUT2D eigenvalue weighted by molar-refractivity contribution is -0.254. The van der Waals surface area contributed by atoms with E-state index in [9.17, 15) is 24.0 Å². The average Bonchev–Trinajstić information content (AvgIpc) is 2.56. The zero-order chi connectivity index (χ0) is 22.1. The van der Waals surface area contributed by atoms with Crippen LogP contribution in [0.2, 0.25) is 0 Å². The zero-order valence-corrected chi connectivity index (χ0v) is 17.0. The van der Waals surface area contributed by atoms with E-state index >= 15 is 0 Å². The van der Waals surface area contributed by atoms with Crippen LogP contribution in [0.3, 0.4) is 0 Å². The Hall–Kier alpha value is -2.69. The number of rotatable bonds is 8. The molecule has 11 heteroatoms. The Morgan fingerprint density at radius 1 is 0.621 bits per heavy atom. The molecule has 1 rings (SSSR count). The summed E-state index contributed by atoms with van der Waals surface area (Å²) in [5.41, 5.74) is 0. The van der Waals surface area contributed by atoms with Gasteiger partial charge in [0.15, 0.2) is 18.3 Å². The molecular formula is C18H26O11. The van der Waals surface area contributed by atoms with Crippen LogP contribution in [-0.2, 0) is 52.4 Å². The summed E-state index contributed by atoms with van der Waals surface area (Å²) in [6.45, 7) is 5.48. The van der Waals surface area contributed by atoms with E-state index in [2.05, 4.69) is 0 Å². The van der Waals surface area contributed by atoms with Gasteiger partial charge in [0.25, 0.3) is 0 Å². The average molecular weight is 418 g/mol. The Balaban J connectivity index is 3.22. The predicted octanol–water partition coefficient (Wildman–Crippen LogP) is 0.0652. The van der Waals surface area contributed by atoms with Gasteiger partial charge in [-0.05, 0) is 0 Å². The first-order chi connectivity index (χ1) is 13.5. The lowest BCUT2D eigenvalue weighted by Gasteiger charge is -2.44. The van der Waals surface area contributed by atoms with Crippen molar-refractivity contribution in [1.82, 2.24) is 0 Å². The van der Waals surface area contributed by atoms with Crippen LogP contribution >= 0.6 is 0 Å². The summed E-state index contributed by atoms with van der Waals surface area (Å²) in [5.74, 6) is -3.22. The van der Waals surface area contributed by atoms with Crippen molar-refractivity contribution in [1.29, 1.82) is 0 Å². The van der Waals surface area contributed by atoms with Gasteiger partial charge in [-0.25, -0.2) is 0 Å². The van der Waals surface area contributed by atoms with Gasteiger partial charge in [0.05, 0.1) is 6.61 Å². The van der Waals surface area contributed by atoms with E-state index in [1.54, 1.807) is 0 Å². The molecule has 0 saturated carbocycles. The molecule has 0 radical (unpaired) electrons. The van der Waals surface area contributed by atoms with Crippen LogP contribution in [0.5, 0.6) is 0 Å². The SMILES string of the molecule is CC(=O)OCC[C@@H]1OC(COC(C)=O)[C@H](OC(C)=O)C(OC(C)=O)C1OC(C)=O. The Morgan fingerprint density at radius 3 is 1.52 bits per heavy atom. The fourth-order valence-corrected chi connectivity index (χ4v) is 2.87. The summed E-state index contributed by atoms with van der Waals surface area (Å²) < 4.78 is 31.5. The van der Waals surface area contributed by atoms with Crippen LogP contribution < -0.4 is 0 Å². The monoisotopic (exact) mass is 418 g/mol. The number of hydrogen-bond acceptors (Lipinski definition) is 11. The van der Waals surface area contributed by atoms with E-state index in [4.69, 9.17) is 28.4 Å². The predicted molar refractivity (Wildman–Crippen MR) is 93.2 cm³/mol. The maximum absolute atomic E-state index is 11.7. The number of ether oxygens (including phenoxy) is 6. The largest absolute Gasteiger partial charge is 0.466 e. The molecule has 11 nitrogen and oxygen atoms in total. The van der Waals surface area contributed by atoms with E-state index in [1.165, 1.54) is 13.8 Å². The molecule has 1 aliphatic rings. The molecule has 0 aromatic rings.